The van der Waals surface area contributed by atoms with Crippen LogP contribution < -0.4 is 0 Å². The van der Waals surface area contributed by atoms with Crippen LogP contribution in [0.25, 0.3) is 128 Å². The molecule has 0 saturated heterocycles. The Morgan fingerprint density at radius 3 is 1.01 bits per heavy atom. The van der Waals surface area contributed by atoms with Crippen LogP contribution in [0.5, 0.6) is 0 Å². The predicted octanol–water partition coefficient (Wildman–Crippen LogP) is 15.8. The summed E-state index contributed by atoms with van der Waals surface area (Å²) in [6.45, 7) is 0. The van der Waals surface area contributed by atoms with Crippen LogP contribution in [-0.2, 0) is 0 Å². The standard InChI is InChI=1S/C63H40N6/c1-3-19-41(20-4-1)43-35-37-59-51(39-43)47-25-9-15-31-55(47)68(59)58-34-18-12-28-50(58)62-64-61(49-27-11-17-33-57(49)67-53-29-13-7-23-45(53)46-24-8-14-30-54(46)67)65-63(66-62)69-56-32-16-10-26-48(56)52-40-44(36-38-60(52)69)42-21-5-2-6-22-42/h1-40H. The molecule has 0 fully saturated rings. The van der Waals surface area contributed by atoms with Gasteiger partial charge in [-0.3, -0.25) is 4.57 Å². The molecule has 0 atom stereocenters. The highest BCUT2D eigenvalue weighted by atomic mass is 15.2. The van der Waals surface area contributed by atoms with Gasteiger partial charge in [0.05, 0.1) is 44.5 Å². The van der Waals surface area contributed by atoms with Crippen LogP contribution in [0.3, 0.4) is 0 Å². The average molecular weight is 881 g/mol. The molecule has 6 nitrogen and oxygen atoms in total. The van der Waals surface area contributed by atoms with E-state index in [0.29, 0.717) is 17.6 Å². The van der Waals surface area contributed by atoms with Crippen LogP contribution in [0.1, 0.15) is 0 Å². The van der Waals surface area contributed by atoms with Gasteiger partial charge in [0, 0.05) is 43.4 Å². The fourth-order valence-electron chi connectivity index (χ4n) is 10.6. The molecule has 10 aromatic carbocycles. The number of fused-ring (bicyclic) bond motifs is 9. The molecular weight excluding hydrogens is 841 g/mol. The van der Waals surface area contributed by atoms with E-state index in [4.69, 9.17) is 15.0 Å². The Bertz CT molecular complexity index is 4260. The number of rotatable bonds is 7. The van der Waals surface area contributed by atoms with Crippen molar-refractivity contribution in [1.82, 2.24) is 28.7 Å². The molecule has 0 aliphatic rings. The Morgan fingerprint density at radius 1 is 0.232 bits per heavy atom. The smallest absolute Gasteiger partial charge is 0.238 e. The Balaban J connectivity index is 1.05. The van der Waals surface area contributed by atoms with Crippen LogP contribution in [-0.4, -0.2) is 28.7 Å². The Labute approximate surface area is 397 Å². The molecule has 322 valence electrons. The summed E-state index contributed by atoms with van der Waals surface area (Å²) in [4.78, 5) is 16.6. The summed E-state index contributed by atoms with van der Waals surface area (Å²) < 4.78 is 6.94. The van der Waals surface area contributed by atoms with Gasteiger partial charge in [0.2, 0.25) is 5.95 Å². The first-order valence-corrected chi connectivity index (χ1v) is 23.4. The van der Waals surface area contributed by atoms with Crippen molar-refractivity contribution in [3.63, 3.8) is 0 Å². The first-order chi connectivity index (χ1) is 34.2. The molecule has 0 unspecified atom stereocenters. The van der Waals surface area contributed by atoms with Gasteiger partial charge in [0.25, 0.3) is 0 Å². The zero-order chi connectivity index (χ0) is 45.4. The number of para-hydroxylation sites is 6. The molecule has 4 aromatic heterocycles. The summed E-state index contributed by atoms with van der Waals surface area (Å²) in [6.07, 6.45) is 0. The van der Waals surface area contributed by atoms with E-state index in [0.717, 1.165) is 71.9 Å². The fourth-order valence-corrected chi connectivity index (χ4v) is 10.6. The lowest BCUT2D eigenvalue weighted by molar-refractivity contribution is 0.950. The zero-order valence-electron chi connectivity index (χ0n) is 37.3. The third-order valence-electron chi connectivity index (χ3n) is 13.7. The molecular formula is C63H40N6. The van der Waals surface area contributed by atoms with Crippen molar-refractivity contribution in [2.45, 2.75) is 0 Å². The van der Waals surface area contributed by atoms with Crippen molar-refractivity contribution in [2.75, 3.05) is 0 Å². The minimum atomic E-state index is 0.537. The molecule has 0 aliphatic heterocycles. The molecule has 0 saturated carbocycles. The van der Waals surface area contributed by atoms with Crippen molar-refractivity contribution in [3.8, 4) is 62.4 Å². The maximum absolute atomic E-state index is 5.55. The highest BCUT2D eigenvalue weighted by molar-refractivity contribution is 6.12. The minimum Gasteiger partial charge on any atom is -0.309 e. The zero-order valence-corrected chi connectivity index (χ0v) is 37.3. The summed E-state index contributed by atoms with van der Waals surface area (Å²) in [5.74, 6) is 1.68. The van der Waals surface area contributed by atoms with E-state index in [2.05, 4.69) is 256 Å². The summed E-state index contributed by atoms with van der Waals surface area (Å²) in [7, 11) is 0. The lowest BCUT2D eigenvalue weighted by Gasteiger charge is -2.17. The van der Waals surface area contributed by atoms with Gasteiger partial charge in [-0.25, -0.2) is 4.98 Å². The third kappa shape index (κ3) is 6.16. The van der Waals surface area contributed by atoms with Gasteiger partial charge < -0.3 is 9.13 Å². The summed E-state index contributed by atoms with van der Waals surface area (Å²) in [5, 5.41) is 6.99. The molecule has 6 heteroatoms. The number of aromatic nitrogens is 6. The van der Waals surface area contributed by atoms with Crippen molar-refractivity contribution in [1.29, 1.82) is 0 Å². The number of nitrogens with zero attached hydrogens (tertiary/aromatic N) is 6. The molecule has 0 radical (unpaired) electrons. The lowest BCUT2D eigenvalue weighted by Crippen LogP contribution is -2.09. The topological polar surface area (TPSA) is 53.5 Å². The molecule has 14 rings (SSSR count). The van der Waals surface area contributed by atoms with Gasteiger partial charge in [-0.2, -0.15) is 9.97 Å². The second kappa shape index (κ2) is 15.6. The maximum atomic E-state index is 5.55. The molecule has 0 bridgehead atoms. The highest BCUT2D eigenvalue weighted by Gasteiger charge is 2.24. The van der Waals surface area contributed by atoms with Gasteiger partial charge in [0.1, 0.15) is 0 Å². The number of hydrogen-bond acceptors (Lipinski definition) is 3. The molecule has 0 aliphatic carbocycles. The number of benzene rings is 10. The Morgan fingerprint density at radius 2 is 0.565 bits per heavy atom. The minimum absolute atomic E-state index is 0.537. The quantitative estimate of drug-likeness (QED) is 0.160. The Kier molecular flexibility index (Phi) is 8.79. The molecule has 0 spiro atoms. The van der Waals surface area contributed by atoms with E-state index in [-0.39, 0.29) is 0 Å². The molecule has 69 heavy (non-hydrogen) atoms. The van der Waals surface area contributed by atoms with Crippen molar-refractivity contribution in [2.24, 2.45) is 0 Å². The van der Waals surface area contributed by atoms with Crippen molar-refractivity contribution in [3.05, 3.63) is 243 Å². The van der Waals surface area contributed by atoms with E-state index < -0.39 is 0 Å². The summed E-state index contributed by atoms with van der Waals surface area (Å²) in [6, 6.07) is 86.2. The van der Waals surface area contributed by atoms with Crippen LogP contribution in [0.2, 0.25) is 0 Å². The molecule has 4 heterocycles. The largest absolute Gasteiger partial charge is 0.309 e. The maximum Gasteiger partial charge on any atom is 0.238 e. The summed E-state index contributed by atoms with van der Waals surface area (Å²) in [5.41, 5.74) is 14.9. The first-order valence-electron chi connectivity index (χ1n) is 23.4. The van der Waals surface area contributed by atoms with Crippen LogP contribution in [0, 0.1) is 0 Å². The van der Waals surface area contributed by atoms with Crippen molar-refractivity contribution >= 4 is 65.4 Å². The number of hydrogen-bond donors (Lipinski definition) is 0. The van der Waals surface area contributed by atoms with Gasteiger partial charge in [-0.05, 0) is 95.1 Å². The monoisotopic (exact) mass is 880 g/mol. The van der Waals surface area contributed by atoms with Gasteiger partial charge >= 0.3 is 0 Å². The lowest BCUT2D eigenvalue weighted by atomic mass is 10.0. The predicted molar refractivity (Wildman–Crippen MR) is 285 cm³/mol. The van der Waals surface area contributed by atoms with E-state index in [1.807, 2.05) is 0 Å². The highest BCUT2D eigenvalue weighted by Crippen LogP contribution is 2.41. The normalized spacial score (nSPS) is 11.8. The van der Waals surface area contributed by atoms with E-state index in [1.165, 1.54) is 38.2 Å². The molecule has 0 N–H and O–H groups in total. The third-order valence-corrected chi connectivity index (χ3v) is 13.7. The Hall–Kier alpha value is -9.39. The van der Waals surface area contributed by atoms with Gasteiger partial charge in [0.15, 0.2) is 11.6 Å². The van der Waals surface area contributed by atoms with Crippen LogP contribution in [0.15, 0.2) is 243 Å². The first kappa shape index (κ1) is 38.8. The van der Waals surface area contributed by atoms with Gasteiger partial charge in [-0.15, -0.1) is 0 Å². The molecule has 0 amide bonds. The van der Waals surface area contributed by atoms with E-state index in [9.17, 15) is 0 Å². The second-order valence-electron chi connectivity index (χ2n) is 17.6. The average Bonchev–Trinajstić information content (AvgIpc) is 4.06. The summed E-state index contributed by atoms with van der Waals surface area (Å²) >= 11 is 0. The SMILES string of the molecule is c1ccc(-c2ccc3c(c2)c2ccccc2n3-c2nc(-c3ccccc3-n3c4ccccc4c4ccccc43)nc(-c3ccccc3-n3c4ccccc4c4cc(-c5ccccc5)ccc43)n2)cc1. The van der Waals surface area contributed by atoms with E-state index >= 15 is 0 Å². The van der Waals surface area contributed by atoms with E-state index in [1.54, 1.807) is 0 Å². The van der Waals surface area contributed by atoms with Crippen LogP contribution in [0.4, 0.5) is 0 Å². The van der Waals surface area contributed by atoms with Crippen molar-refractivity contribution < 1.29 is 0 Å². The fraction of sp³-hybridized carbons (Fsp3) is 0. The van der Waals surface area contributed by atoms with Gasteiger partial charge in [-0.1, -0.05) is 170 Å². The van der Waals surface area contributed by atoms with Crippen LogP contribution >= 0.6 is 0 Å². The second-order valence-corrected chi connectivity index (χ2v) is 17.6. The molecule has 14 aromatic rings.